The van der Waals surface area contributed by atoms with Crippen molar-refractivity contribution in [3.05, 3.63) is 65.7 Å². The summed E-state index contributed by atoms with van der Waals surface area (Å²) >= 11 is 0. The Hall–Kier alpha value is -3.10. The molecule has 1 aromatic heterocycles. The molecule has 4 rings (SSSR count). The van der Waals surface area contributed by atoms with Gasteiger partial charge < -0.3 is 10.6 Å². The predicted molar refractivity (Wildman–Crippen MR) is 108 cm³/mol. The van der Waals surface area contributed by atoms with Gasteiger partial charge in [-0.3, -0.25) is 0 Å². The highest BCUT2D eigenvalue weighted by Gasteiger charge is 2.21. The number of benzene rings is 2. The van der Waals surface area contributed by atoms with Crippen LogP contribution in [0.4, 0.5) is 5.82 Å². The number of hydrogen-bond acceptors (Lipinski definition) is 4. The van der Waals surface area contributed by atoms with Crippen LogP contribution in [-0.4, -0.2) is 28.9 Å². The molecule has 1 fully saturated rings. The largest absolute Gasteiger partial charge is 0.355 e. The quantitative estimate of drug-likeness (QED) is 0.777. The van der Waals surface area contributed by atoms with Gasteiger partial charge in [-0.25, -0.2) is 4.68 Å². The smallest absolute Gasteiger partial charge is 0.151 e. The first-order valence-electron chi connectivity index (χ1n) is 9.32. The normalized spacial score (nSPS) is 14.9. The van der Waals surface area contributed by atoms with E-state index in [9.17, 15) is 0 Å². The van der Waals surface area contributed by atoms with E-state index in [1.54, 1.807) is 0 Å². The molecule has 0 spiro atoms. The Morgan fingerprint density at radius 2 is 1.70 bits per heavy atom. The lowest BCUT2D eigenvalue weighted by Crippen LogP contribution is -2.39. The molecular weight excluding hydrogens is 334 g/mol. The maximum atomic E-state index is 9.07. The fraction of sp³-hybridized carbons (Fsp3) is 0.273. The molecule has 2 N–H and O–H groups in total. The van der Waals surface area contributed by atoms with Gasteiger partial charge in [0.25, 0.3) is 0 Å². The zero-order valence-electron chi connectivity index (χ0n) is 15.5. The summed E-state index contributed by atoms with van der Waals surface area (Å²) in [5.41, 5.74) is 11.0. The fourth-order valence-corrected chi connectivity index (χ4v) is 3.46. The number of aromatic nitrogens is 2. The van der Waals surface area contributed by atoms with Crippen molar-refractivity contribution in [2.75, 3.05) is 18.0 Å². The fourth-order valence-electron chi connectivity index (χ4n) is 3.46. The molecule has 0 bridgehead atoms. The molecule has 5 nitrogen and oxygen atoms in total. The lowest BCUT2D eigenvalue weighted by Gasteiger charge is -2.30. The van der Waals surface area contributed by atoms with E-state index in [1.807, 2.05) is 28.9 Å². The van der Waals surface area contributed by atoms with Crippen LogP contribution in [-0.2, 0) is 0 Å². The number of rotatable bonds is 3. The molecule has 5 heteroatoms. The van der Waals surface area contributed by atoms with Crippen LogP contribution in [0.25, 0.3) is 16.9 Å². The van der Waals surface area contributed by atoms with Crippen LogP contribution >= 0.6 is 0 Å². The van der Waals surface area contributed by atoms with Gasteiger partial charge >= 0.3 is 0 Å². The van der Waals surface area contributed by atoms with Crippen LogP contribution in [0.1, 0.15) is 24.0 Å². The summed E-state index contributed by atoms with van der Waals surface area (Å²) in [6.45, 7) is 3.94. The number of aryl methyl sites for hydroxylation is 1. The first-order valence-corrected chi connectivity index (χ1v) is 9.32. The number of piperidine rings is 1. The number of anilines is 1. The van der Waals surface area contributed by atoms with Crippen molar-refractivity contribution in [1.29, 1.82) is 5.26 Å². The van der Waals surface area contributed by atoms with E-state index < -0.39 is 0 Å². The standard InChI is InChI=1S/C22H23N5/c1-16-2-8-20(9-3-16)27-21(18-6-4-17(15-23)5-7-18)14-22(25-27)26-12-10-19(24)11-13-26/h2-9,14,19H,10-13,24H2,1H3. The third-order valence-corrected chi connectivity index (χ3v) is 5.15. The highest BCUT2D eigenvalue weighted by molar-refractivity contribution is 5.67. The maximum absolute atomic E-state index is 9.07. The maximum Gasteiger partial charge on any atom is 0.151 e. The van der Waals surface area contributed by atoms with E-state index >= 15 is 0 Å². The summed E-state index contributed by atoms with van der Waals surface area (Å²) < 4.78 is 1.99. The summed E-state index contributed by atoms with van der Waals surface area (Å²) in [5, 5.41) is 14.0. The molecule has 136 valence electrons. The van der Waals surface area contributed by atoms with Crippen molar-refractivity contribution < 1.29 is 0 Å². The van der Waals surface area contributed by atoms with Gasteiger partial charge in [-0.1, -0.05) is 29.8 Å². The van der Waals surface area contributed by atoms with E-state index in [2.05, 4.69) is 48.2 Å². The van der Waals surface area contributed by atoms with Crippen LogP contribution in [0.2, 0.25) is 0 Å². The minimum Gasteiger partial charge on any atom is -0.355 e. The van der Waals surface area contributed by atoms with E-state index in [4.69, 9.17) is 16.1 Å². The lowest BCUT2D eigenvalue weighted by molar-refractivity contribution is 0.498. The summed E-state index contributed by atoms with van der Waals surface area (Å²) in [7, 11) is 0. The Morgan fingerprint density at radius 1 is 1.04 bits per heavy atom. The Kier molecular flexibility index (Phi) is 4.66. The topological polar surface area (TPSA) is 70.9 Å². The molecule has 0 atom stereocenters. The molecule has 1 saturated heterocycles. The average Bonchev–Trinajstić information content (AvgIpc) is 3.14. The monoisotopic (exact) mass is 357 g/mol. The molecular formula is C22H23N5. The van der Waals surface area contributed by atoms with Crippen LogP contribution in [0.15, 0.2) is 54.6 Å². The van der Waals surface area contributed by atoms with E-state index in [0.29, 0.717) is 11.6 Å². The minimum absolute atomic E-state index is 0.290. The summed E-state index contributed by atoms with van der Waals surface area (Å²) in [5.74, 6) is 0.974. The zero-order chi connectivity index (χ0) is 18.8. The summed E-state index contributed by atoms with van der Waals surface area (Å²) in [6, 6.07) is 20.6. The second-order valence-corrected chi connectivity index (χ2v) is 7.15. The van der Waals surface area contributed by atoms with Crippen molar-refractivity contribution in [3.63, 3.8) is 0 Å². The predicted octanol–water partition coefficient (Wildman–Crippen LogP) is 3.65. The van der Waals surface area contributed by atoms with Gasteiger partial charge in [-0.05, 0) is 44.0 Å². The van der Waals surface area contributed by atoms with Crippen molar-refractivity contribution >= 4 is 5.82 Å². The SMILES string of the molecule is Cc1ccc(-n2nc(N3CCC(N)CC3)cc2-c2ccc(C#N)cc2)cc1. The molecule has 1 aliphatic heterocycles. The first-order chi connectivity index (χ1) is 13.1. The summed E-state index contributed by atoms with van der Waals surface area (Å²) in [6.07, 6.45) is 1.98. The van der Waals surface area contributed by atoms with Crippen molar-refractivity contribution in [1.82, 2.24) is 9.78 Å². The number of nitriles is 1. The molecule has 1 aliphatic rings. The third-order valence-electron chi connectivity index (χ3n) is 5.15. The highest BCUT2D eigenvalue weighted by Crippen LogP contribution is 2.29. The summed E-state index contributed by atoms with van der Waals surface area (Å²) in [4.78, 5) is 2.31. The van der Waals surface area contributed by atoms with Crippen molar-refractivity contribution in [2.24, 2.45) is 5.73 Å². The molecule has 2 aromatic carbocycles. The number of hydrogen-bond donors (Lipinski definition) is 1. The van der Waals surface area contributed by atoms with Crippen molar-refractivity contribution in [2.45, 2.75) is 25.8 Å². The molecule has 0 saturated carbocycles. The van der Waals surface area contributed by atoms with Crippen LogP contribution < -0.4 is 10.6 Å². The Labute approximate surface area is 159 Å². The molecule has 0 unspecified atom stereocenters. The molecule has 27 heavy (non-hydrogen) atoms. The van der Waals surface area contributed by atoms with Gasteiger partial charge in [0.15, 0.2) is 5.82 Å². The van der Waals surface area contributed by atoms with Crippen LogP contribution in [0.5, 0.6) is 0 Å². The van der Waals surface area contributed by atoms with Gasteiger partial charge in [-0.15, -0.1) is 5.10 Å². The molecule has 0 aliphatic carbocycles. The van der Waals surface area contributed by atoms with E-state index in [0.717, 1.165) is 48.7 Å². The number of nitrogens with two attached hydrogens (primary N) is 1. The molecule has 3 aromatic rings. The Balaban J connectivity index is 1.77. The van der Waals surface area contributed by atoms with Crippen LogP contribution in [0.3, 0.4) is 0 Å². The second-order valence-electron chi connectivity index (χ2n) is 7.15. The minimum atomic E-state index is 0.290. The van der Waals surface area contributed by atoms with Gasteiger partial charge in [0, 0.05) is 30.8 Å². The molecule has 2 heterocycles. The average molecular weight is 357 g/mol. The second kappa shape index (κ2) is 7.26. The highest BCUT2D eigenvalue weighted by atomic mass is 15.4. The van der Waals surface area contributed by atoms with Gasteiger partial charge in [0.2, 0.25) is 0 Å². The van der Waals surface area contributed by atoms with Gasteiger partial charge in [0.05, 0.1) is 23.0 Å². The van der Waals surface area contributed by atoms with Gasteiger partial charge in [-0.2, -0.15) is 5.26 Å². The zero-order valence-corrected chi connectivity index (χ0v) is 15.5. The van der Waals surface area contributed by atoms with Crippen molar-refractivity contribution in [3.8, 4) is 23.0 Å². The molecule has 0 radical (unpaired) electrons. The first kappa shape index (κ1) is 17.3. The number of nitrogens with zero attached hydrogens (tertiary/aromatic N) is 4. The third kappa shape index (κ3) is 3.57. The molecule has 0 amide bonds. The van der Waals surface area contributed by atoms with Crippen LogP contribution in [0, 0.1) is 18.3 Å². The lowest BCUT2D eigenvalue weighted by atomic mass is 10.1. The Morgan fingerprint density at radius 3 is 2.33 bits per heavy atom. The Bertz CT molecular complexity index is 955. The van der Waals surface area contributed by atoms with Gasteiger partial charge in [0.1, 0.15) is 0 Å². The van der Waals surface area contributed by atoms with E-state index in [1.165, 1.54) is 5.56 Å². The van der Waals surface area contributed by atoms with E-state index in [-0.39, 0.29) is 0 Å².